The first-order valence-corrected chi connectivity index (χ1v) is 7.93. The fourth-order valence-corrected chi connectivity index (χ4v) is 4.02. The highest BCUT2D eigenvalue weighted by atomic mass is 15.2. The van der Waals surface area contributed by atoms with E-state index in [0.29, 0.717) is 12.0 Å². The quantitative estimate of drug-likeness (QED) is 0.862. The van der Waals surface area contributed by atoms with Gasteiger partial charge in [-0.2, -0.15) is 0 Å². The zero-order valence-corrected chi connectivity index (χ0v) is 12.5. The molecule has 2 atom stereocenters. The molecule has 2 aliphatic rings. The molecule has 2 heteroatoms. The van der Waals surface area contributed by atoms with Crippen LogP contribution in [0.1, 0.15) is 34.2 Å². The van der Waals surface area contributed by atoms with Crippen LogP contribution in [0.5, 0.6) is 0 Å². The molecule has 0 saturated carbocycles. The maximum absolute atomic E-state index is 3.56. The monoisotopic (exact) mass is 278 g/mol. The van der Waals surface area contributed by atoms with Gasteiger partial charge in [-0.3, -0.25) is 4.90 Å². The van der Waals surface area contributed by atoms with Gasteiger partial charge in [0.25, 0.3) is 0 Å². The van der Waals surface area contributed by atoms with Gasteiger partial charge in [0.1, 0.15) is 0 Å². The average Bonchev–Trinajstić information content (AvgIpc) is 2.55. The molecule has 2 aromatic rings. The van der Waals surface area contributed by atoms with Crippen molar-refractivity contribution in [1.29, 1.82) is 0 Å². The van der Waals surface area contributed by atoms with E-state index >= 15 is 0 Å². The van der Waals surface area contributed by atoms with Crippen molar-refractivity contribution in [3.8, 4) is 0 Å². The molecule has 4 rings (SSSR count). The smallest absolute Gasteiger partial charge is 0.0479 e. The second-order valence-electron chi connectivity index (χ2n) is 6.26. The van der Waals surface area contributed by atoms with Crippen molar-refractivity contribution in [3.05, 3.63) is 70.8 Å². The van der Waals surface area contributed by atoms with Crippen molar-refractivity contribution in [2.75, 3.05) is 26.2 Å². The molecule has 0 spiro atoms. The Morgan fingerprint density at radius 1 is 1.05 bits per heavy atom. The van der Waals surface area contributed by atoms with E-state index < -0.39 is 0 Å². The summed E-state index contributed by atoms with van der Waals surface area (Å²) in [4.78, 5) is 2.67. The van der Waals surface area contributed by atoms with Gasteiger partial charge in [0.2, 0.25) is 0 Å². The molecule has 0 bridgehead atoms. The predicted molar refractivity (Wildman–Crippen MR) is 86.6 cm³/mol. The highest BCUT2D eigenvalue weighted by Gasteiger charge is 2.35. The summed E-state index contributed by atoms with van der Waals surface area (Å²) in [5, 5.41) is 3.56. The van der Waals surface area contributed by atoms with Crippen LogP contribution in [-0.4, -0.2) is 31.1 Å². The van der Waals surface area contributed by atoms with E-state index in [0.717, 1.165) is 26.2 Å². The van der Waals surface area contributed by atoms with Crippen LogP contribution in [0, 0.1) is 6.92 Å². The molecule has 0 radical (unpaired) electrons. The zero-order valence-electron chi connectivity index (χ0n) is 12.5. The van der Waals surface area contributed by atoms with E-state index in [1.54, 1.807) is 5.56 Å². The molecule has 2 aliphatic heterocycles. The number of benzene rings is 2. The predicted octanol–water partition coefficient (Wildman–Crippen LogP) is 3.09. The fraction of sp³-hybridized carbons (Fsp3) is 0.368. The van der Waals surface area contributed by atoms with Gasteiger partial charge in [-0.05, 0) is 29.2 Å². The lowest BCUT2D eigenvalue weighted by Gasteiger charge is -2.45. The Bertz CT molecular complexity index is 635. The van der Waals surface area contributed by atoms with Gasteiger partial charge >= 0.3 is 0 Å². The Morgan fingerprint density at radius 2 is 1.90 bits per heavy atom. The van der Waals surface area contributed by atoms with E-state index in [2.05, 4.69) is 65.7 Å². The Morgan fingerprint density at radius 3 is 2.76 bits per heavy atom. The molecule has 1 saturated heterocycles. The lowest BCUT2D eigenvalue weighted by molar-refractivity contribution is 0.142. The SMILES string of the molecule is Cc1cccc2c1[C@@H]1CNCCN1C[C@H]2c1ccccc1. The average molecular weight is 278 g/mol. The third kappa shape index (κ3) is 2.19. The minimum absolute atomic E-state index is 0.510. The van der Waals surface area contributed by atoms with Gasteiger partial charge in [-0.15, -0.1) is 0 Å². The summed E-state index contributed by atoms with van der Waals surface area (Å²) < 4.78 is 0. The third-order valence-corrected chi connectivity index (χ3v) is 5.04. The largest absolute Gasteiger partial charge is 0.314 e. The maximum atomic E-state index is 3.56. The first-order chi connectivity index (χ1) is 10.3. The lowest BCUT2D eigenvalue weighted by Crippen LogP contribution is -2.50. The van der Waals surface area contributed by atoms with Gasteiger partial charge in [0.15, 0.2) is 0 Å². The number of aryl methyl sites for hydroxylation is 1. The van der Waals surface area contributed by atoms with E-state index in [-0.39, 0.29) is 0 Å². The van der Waals surface area contributed by atoms with Crippen molar-refractivity contribution < 1.29 is 0 Å². The van der Waals surface area contributed by atoms with Crippen molar-refractivity contribution in [2.45, 2.75) is 18.9 Å². The molecule has 2 aromatic carbocycles. The number of nitrogens with one attached hydrogen (secondary N) is 1. The molecule has 0 aliphatic carbocycles. The number of rotatable bonds is 1. The van der Waals surface area contributed by atoms with Crippen molar-refractivity contribution >= 4 is 0 Å². The molecule has 21 heavy (non-hydrogen) atoms. The van der Waals surface area contributed by atoms with Crippen molar-refractivity contribution in [3.63, 3.8) is 0 Å². The standard InChI is InChI=1S/C19H22N2/c1-14-6-5-9-16-17(15-7-3-2-4-8-15)13-21-11-10-20-12-18(21)19(14)16/h2-9,17-18,20H,10-13H2,1H3/t17-,18-/m0/s1. The van der Waals surface area contributed by atoms with Gasteiger partial charge in [-0.1, -0.05) is 48.5 Å². The minimum Gasteiger partial charge on any atom is -0.314 e. The van der Waals surface area contributed by atoms with Gasteiger partial charge in [-0.25, -0.2) is 0 Å². The van der Waals surface area contributed by atoms with Gasteiger partial charge in [0.05, 0.1) is 0 Å². The minimum atomic E-state index is 0.510. The second-order valence-corrected chi connectivity index (χ2v) is 6.26. The highest BCUT2D eigenvalue weighted by molar-refractivity contribution is 5.46. The van der Waals surface area contributed by atoms with Crippen molar-refractivity contribution in [2.24, 2.45) is 0 Å². The Balaban J connectivity index is 1.85. The van der Waals surface area contributed by atoms with E-state index in [4.69, 9.17) is 0 Å². The summed E-state index contributed by atoms with van der Waals surface area (Å²) in [5.74, 6) is 0.510. The Labute approximate surface area is 126 Å². The highest BCUT2D eigenvalue weighted by Crippen LogP contribution is 2.41. The molecular formula is C19H22N2. The normalized spacial score (nSPS) is 25.2. The summed E-state index contributed by atoms with van der Waals surface area (Å²) in [6, 6.07) is 18.4. The van der Waals surface area contributed by atoms with E-state index in [9.17, 15) is 0 Å². The van der Waals surface area contributed by atoms with Gasteiger partial charge in [0, 0.05) is 38.1 Å². The molecule has 0 unspecified atom stereocenters. The number of fused-ring (bicyclic) bond motifs is 3. The summed E-state index contributed by atoms with van der Waals surface area (Å²) in [5.41, 5.74) is 5.98. The maximum Gasteiger partial charge on any atom is 0.0479 e. The van der Waals surface area contributed by atoms with Crippen LogP contribution < -0.4 is 5.32 Å². The molecule has 0 aromatic heterocycles. The molecule has 0 amide bonds. The molecule has 1 N–H and O–H groups in total. The zero-order chi connectivity index (χ0) is 14.2. The molecule has 2 nitrogen and oxygen atoms in total. The third-order valence-electron chi connectivity index (χ3n) is 5.04. The number of hydrogen-bond acceptors (Lipinski definition) is 2. The van der Waals surface area contributed by atoms with Crippen LogP contribution in [0.25, 0.3) is 0 Å². The van der Waals surface area contributed by atoms with Crippen molar-refractivity contribution in [1.82, 2.24) is 10.2 Å². The van der Waals surface area contributed by atoms with Crippen LogP contribution in [0.2, 0.25) is 0 Å². The van der Waals surface area contributed by atoms with Crippen LogP contribution in [0.15, 0.2) is 48.5 Å². The lowest BCUT2D eigenvalue weighted by atomic mass is 9.79. The molecule has 1 fully saturated rings. The van der Waals surface area contributed by atoms with Crippen LogP contribution in [0.4, 0.5) is 0 Å². The summed E-state index contributed by atoms with van der Waals surface area (Å²) in [7, 11) is 0. The number of nitrogens with zero attached hydrogens (tertiary/aromatic N) is 1. The molecular weight excluding hydrogens is 256 g/mol. The van der Waals surface area contributed by atoms with E-state index in [1.165, 1.54) is 16.7 Å². The van der Waals surface area contributed by atoms with E-state index in [1.807, 2.05) is 0 Å². The molecule has 108 valence electrons. The first kappa shape index (κ1) is 13.1. The van der Waals surface area contributed by atoms with Crippen LogP contribution >= 0.6 is 0 Å². The first-order valence-electron chi connectivity index (χ1n) is 7.93. The van der Waals surface area contributed by atoms with Gasteiger partial charge < -0.3 is 5.32 Å². The fourth-order valence-electron chi connectivity index (χ4n) is 4.02. The summed E-state index contributed by atoms with van der Waals surface area (Å²) in [6.07, 6.45) is 0. The topological polar surface area (TPSA) is 15.3 Å². The number of hydrogen-bond donors (Lipinski definition) is 1. The summed E-state index contributed by atoms with van der Waals surface area (Å²) >= 11 is 0. The molecule has 2 heterocycles. The van der Waals surface area contributed by atoms with Crippen LogP contribution in [-0.2, 0) is 0 Å². The Hall–Kier alpha value is -1.64. The Kier molecular flexibility index (Phi) is 3.28. The second kappa shape index (κ2) is 5.28. The summed E-state index contributed by atoms with van der Waals surface area (Å²) in [6.45, 7) is 6.76. The number of piperazine rings is 1. The van der Waals surface area contributed by atoms with Crippen LogP contribution in [0.3, 0.4) is 0 Å².